The first kappa shape index (κ1) is 16.9. The predicted molar refractivity (Wildman–Crippen MR) is 75.7 cm³/mol. The average Bonchev–Trinajstić information content (AvgIpc) is 3.00. The molecule has 0 spiro atoms. The molecule has 1 atom stereocenters. The quantitative estimate of drug-likeness (QED) is 0.569. The third-order valence-electron chi connectivity index (χ3n) is 3.64. The Kier molecular flexibility index (Phi) is 7.50. The van der Waals surface area contributed by atoms with Crippen LogP contribution < -0.4 is 11.5 Å². The summed E-state index contributed by atoms with van der Waals surface area (Å²) in [5, 5.41) is 8.88. The van der Waals surface area contributed by atoms with Crippen molar-refractivity contribution in [2.75, 3.05) is 39.3 Å². The zero-order chi connectivity index (χ0) is 15.0. The molecule has 0 unspecified atom stereocenters. The number of primary amides is 1. The van der Waals surface area contributed by atoms with Crippen molar-refractivity contribution in [1.82, 2.24) is 9.80 Å². The molecule has 0 saturated carbocycles. The van der Waals surface area contributed by atoms with Crippen LogP contribution in [0.25, 0.3) is 0 Å². The fraction of sp³-hybridized carbons (Fsp3) is 0.846. The Hall–Kier alpha value is -1.18. The van der Waals surface area contributed by atoms with Crippen molar-refractivity contribution >= 4 is 11.8 Å². The minimum Gasteiger partial charge on any atom is -0.395 e. The van der Waals surface area contributed by atoms with Crippen LogP contribution in [-0.4, -0.2) is 72.1 Å². The topological polar surface area (TPSA) is 113 Å². The molecular weight excluding hydrogens is 260 g/mol. The first-order valence-electron chi connectivity index (χ1n) is 7.19. The molecule has 2 aliphatic rings. The zero-order valence-electron chi connectivity index (χ0n) is 12.0. The Balaban J connectivity index is 0.000000200. The lowest BCUT2D eigenvalue weighted by Gasteiger charge is -2.21. The summed E-state index contributed by atoms with van der Waals surface area (Å²) >= 11 is 0. The molecule has 0 bridgehead atoms. The Labute approximate surface area is 119 Å². The van der Waals surface area contributed by atoms with Crippen molar-refractivity contribution in [2.45, 2.75) is 31.7 Å². The number of nitrogens with two attached hydrogens (primary N) is 2. The molecule has 2 rings (SSSR count). The highest BCUT2D eigenvalue weighted by Crippen LogP contribution is 2.15. The summed E-state index contributed by atoms with van der Waals surface area (Å²) in [6, 6.07) is 0.392. The fourth-order valence-electron chi connectivity index (χ4n) is 2.62. The summed E-state index contributed by atoms with van der Waals surface area (Å²) in [4.78, 5) is 24.9. The molecule has 5 N–H and O–H groups in total. The van der Waals surface area contributed by atoms with E-state index in [9.17, 15) is 9.59 Å². The van der Waals surface area contributed by atoms with Crippen molar-refractivity contribution < 1.29 is 14.7 Å². The van der Waals surface area contributed by atoms with Gasteiger partial charge in [0.05, 0.1) is 13.2 Å². The van der Waals surface area contributed by atoms with Crippen LogP contribution in [0, 0.1) is 0 Å². The third-order valence-corrected chi connectivity index (χ3v) is 3.64. The summed E-state index contributed by atoms with van der Waals surface area (Å²) in [5.74, 6) is -0.394. The van der Waals surface area contributed by atoms with Crippen LogP contribution in [-0.2, 0) is 9.59 Å². The van der Waals surface area contributed by atoms with Crippen LogP contribution >= 0.6 is 0 Å². The van der Waals surface area contributed by atoms with Crippen molar-refractivity contribution in [3.8, 4) is 0 Å². The predicted octanol–water partition coefficient (Wildman–Crippen LogP) is -1.50. The lowest BCUT2D eigenvalue weighted by atomic mass is 10.2. The molecule has 116 valence electrons. The second kappa shape index (κ2) is 8.89. The molecule has 7 heteroatoms. The molecule has 7 nitrogen and oxygen atoms in total. The lowest BCUT2D eigenvalue weighted by molar-refractivity contribution is -0.132. The molecule has 2 heterocycles. The van der Waals surface area contributed by atoms with Crippen LogP contribution in [0.4, 0.5) is 0 Å². The van der Waals surface area contributed by atoms with Crippen molar-refractivity contribution in [3.63, 3.8) is 0 Å². The van der Waals surface area contributed by atoms with E-state index in [1.54, 1.807) is 0 Å². The van der Waals surface area contributed by atoms with E-state index >= 15 is 0 Å². The van der Waals surface area contributed by atoms with Crippen LogP contribution in [0.3, 0.4) is 0 Å². The number of carbonyl (C=O) groups is 2. The van der Waals surface area contributed by atoms with Crippen LogP contribution in [0.1, 0.15) is 25.7 Å². The van der Waals surface area contributed by atoms with Crippen molar-refractivity contribution in [2.24, 2.45) is 11.5 Å². The van der Waals surface area contributed by atoms with Gasteiger partial charge in [0.2, 0.25) is 11.8 Å². The first-order chi connectivity index (χ1) is 9.58. The zero-order valence-corrected chi connectivity index (χ0v) is 12.0. The number of amides is 2. The van der Waals surface area contributed by atoms with Gasteiger partial charge in [-0.3, -0.25) is 14.5 Å². The van der Waals surface area contributed by atoms with E-state index in [2.05, 4.69) is 4.90 Å². The first-order valence-corrected chi connectivity index (χ1v) is 7.19. The van der Waals surface area contributed by atoms with Gasteiger partial charge in [0, 0.05) is 32.1 Å². The molecule has 2 saturated heterocycles. The molecule has 2 aliphatic heterocycles. The van der Waals surface area contributed by atoms with E-state index < -0.39 is 5.91 Å². The molecular formula is C13H26N4O3. The molecule has 0 radical (unpaired) electrons. The lowest BCUT2D eigenvalue weighted by Crippen LogP contribution is -2.35. The van der Waals surface area contributed by atoms with E-state index in [0.29, 0.717) is 32.2 Å². The Bertz CT molecular complexity index is 325. The van der Waals surface area contributed by atoms with Gasteiger partial charge in [-0.2, -0.15) is 0 Å². The summed E-state index contributed by atoms with van der Waals surface area (Å²) in [7, 11) is 0. The molecule has 0 aromatic rings. The van der Waals surface area contributed by atoms with Crippen LogP contribution in [0.15, 0.2) is 0 Å². The third kappa shape index (κ3) is 5.44. The minimum absolute atomic E-state index is 0.0406. The maximum absolute atomic E-state index is 10.8. The fourth-order valence-corrected chi connectivity index (χ4v) is 2.62. The van der Waals surface area contributed by atoms with Crippen LogP contribution in [0.5, 0.6) is 0 Å². The monoisotopic (exact) mass is 286 g/mol. The largest absolute Gasteiger partial charge is 0.395 e. The SMILES string of the molecule is NC(=O)CN1CCCC1=O.NCCN1CCC[C@H]1CO. The van der Waals surface area contributed by atoms with E-state index in [-0.39, 0.29) is 12.5 Å². The Morgan fingerprint density at radius 1 is 1.35 bits per heavy atom. The maximum Gasteiger partial charge on any atom is 0.237 e. The molecule has 0 aromatic heterocycles. The van der Waals surface area contributed by atoms with Crippen molar-refractivity contribution in [1.29, 1.82) is 0 Å². The van der Waals surface area contributed by atoms with E-state index in [1.807, 2.05) is 0 Å². The molecule has 2 fully saturated rings. The van der Waals surface area contributed by atoms with Gasteiger partial charge < -0.3 is 21.5 Å². The summed E-state index contributed by atoms with van der Waals surface area (Å²) in [6.07, 6.45) is 3.76. The number of likely N-dealkylation sites (tertiary alicyclic amines) is 2. The van der Waals surface area contributed by atoms with E-state index in [1.165, 1.54) is 11.3 Å². The average molecular weight is 286 g/mol. The van der Waals surface area contributed by atoms with Gasteiger partial charge in [0.25, 0.3) is 0 Å². The number of carbonyl (C=O) groups excluding carboxylic acids is 2. The highest BCUT2D eigenvalue weighted by molar-refractivity contribution is 5.84. The van der Waals surface area contributed by atoms with E-state index in [4.69, 9.17) is 16.6 Å². The minimum atomic E-state index is -0.435. The molecule has 20 heavy (non-hydrogen) atoms. The van der Waals surface area contributed by atoms with Gasteiger partial charge in [-0.25, -0.2) is 0 Å². The smallest absolute Gasteiger partial charge is 0.237 e. The molecule has 2 amide bonds. The van der Waals surface area contributed by atoms with Gasteiger partial charge >= 0.3 is 0 Å². The van der Waals surface area contributed by atoms with Gasteiger partial charge in [-0.1, -0.05) is 0 Å². The number of rotatable bonds is 5. The van der Waals surface area contributed by atoms with Gasteiger partial charge in [0.15, 0.2) is 0 Å². The number of hydrogen-bond donors (Lipinski definition) is 3. The van der Waals surface area contributed by atoms with Gasteiger partial charge in [-0.15, -0.1) is 0 Å². The van der Waals surface area contributed by atoms with Gasteiger partial charge in [0.1, 0.15) is 0 Å². The standard InChI is InChI=1S/C7H16N2O.C6H10N2O2/c8-3-5-9-4-1-2-7(9)6-10;7-5(9)4-8-3-1-2-6(8)10/h7,10H,1-6,8H2;1-4H2,(H2,7,9)/t7-;/m0./s1. The highest BCUT2D eigenvalue weighted by atomic mass is 16.3. The maximum atomic E-state index is 10.8. The second-order valence-electron chi connectivity index (χ2n) is 5.19. The Morgan fingerprint density at radius 3 is 2.60 bits per heavy atom. The summed E-state index contributed by atoms with van der Waals surface area (Å²) in [5.41, 5.74) is 10.3. The summed E-state index contributed by atoms with van der Waals surface area (Å²) < 4.78 is 0. The highest BCUT2D eigenvalue weighted by Gasteiger charge is 2.22. The number of aliphatic hydroxyl groups is 1. The normalized spacial score (nSPS) is 22.8. The number of hydrogen-bond acceptors (Lipinski definition) is 5. The number of nitrogens with zero attached hydrogens (tertiary/aromatic N) is 2. The summed E-state index contributed by atoms with van der Waals surface area (Å²) in [6.45, 7) is 3.81. The Morgan fingerprint density at radius 2 is 2.10 bits per heavy atom. The van der Waals surface area contributed by atoms with E-state index in [0.717, 1.165) is 25.9 Å². The van der Waals surface area contributed by atoms with Crippen molar-refractivity contribution in [3.05, 3.63) is 0 Å². The molecule has 0 aliphatic carbocycles. The van der Waals surface area contributed by atoms with Crippen LogP contribution in [0.2, 0.25) is 0 Å². The van der Waals surface area contributed by atoms with Gasteiger partial charge in [-0.05, 0) is 25.8 Å². The number of aliphatic hydroxyl groups excluding tert-OH is 1. The second-order valence-corrected chi connectivity index (χ2v) is 5.19. The molecule has 0 aromatic carbocycles.